The van der Waals surface area contributed by atoms with Crippen LogP contribution in [0.4, 0.5) is 0 Å². The maximum Gasteiger partial charge on any atom is 0.0731 e. The summed E-state index contributed by atoms with van der Waals surface area (Å²) in [7, 11) is 0. The maximum absolute atomic E-state index is 3.90. The van der Waals surface area contributed by atoms with Crippen molar-refractivity contribution in [2.24, 2.45) is 0 Å². The Kier molecular flexibility index (Phi) is 9.58. The molecule has 6 heteroatoms. The summed E-state index contributed by atoms with van der Waals surface area (Å²) in [5.74, 6) is 0. The lowest BCUT2D eigenvalue weighted by Crippen LogP contribution is -2.44. The zero-order chi connectivity index (χ0) is 12.3. The lowest BCUT2D eigenvalue weighted by molar-refractivity contribution is 0.177. The van der Waals surface area contributed by atoms with E-state index in [9.17, 15) is 0 Å². The van der Waals surface area contributed by atoms with E-state index in [2.05, 4.69) is 45.7 Å². The van der Waals surface area contributed by atoms with Crippen molar-refractivity contribution in [3.05, 3.63) is 32.9 Å². The number of aryl methyl sites for hydroxylation is 1. The third-order valence-electron chi connectivity index (χ3n) is 3.19. The van der Waals surface area contributed by atoms with Gasteiger partial charge in [0.1, 0.15) is 0 Å². The van der Waals surface area contributed by atoms with Gasteiger partial charge in [-0.15, -0.1) is 42.7 Å². The third-order valence-corrected chi connectivity index (χ3v) is 5.42. The van der Waals surface area contributed by atoms with E-state index in [-0.39, 0.29) is 24.8 Å². The highest BCUT2D eigenvalue weighted by molar-refractivity contribution is 9.11. The van der Waals surface area contributed by atoms with Gasteiger partial charge in [-0.25, -0.2) is 0 Å². The van der Waals surface area contributed by atoms with Crippen molar-refractivity contribution in [1.29, 1.82) is 0 Å². The molecule has 0 aliphatic carbocycles. The van der Waals surface area contributed by atoms with Crippen molar-refractivity contribution in [3.63, 3.8) is 0 Å². The Bertz CT molecular complexity index is 372. The fourth-order valence-corrected chi connectivity index (χ4v) is 3.96. The molecule has 1 saturated heterocycles. The largest absolute Gasteiger partial charge is 0.314 e. The van der Waals surface area contributed by atoms with Crippen molar-refractivity contribution < 1.29 is 0 Å². The molecule has 1 fully saturated rings. The molecule has 2 nitrogen and oxygen atoms in total. The van der Waals surface area contributed by atoms with Gasteiger partial charge in [-0.1, -0.05) is 6.08 Å². The van der Waals surface area contributed by atoms with Gasteiger partial charge in [0.2, 0.25) is 0 Å². The lowest BCUT2D eigenvalue weighted by atomic mass is 10.1. The molecule has 1 aromatic rings. The molecule has 1 aliphatic rings. The van der Waals surface area contributed by atoms with E-state index >= 15 is 0 Å². The summed E-state index contributed by atoms with van der Waals surface area (Å²) in [6, 6.07) is 2.81. The third kappa shape index (κ3) is 5.03. The van der Waals surface area contributed by atoms with Crippen LogP contribution in [0.1, 0.15) is 22.9 Å². The number of piperazine rings is 1. The summed E-state index contributed by atoms with van der Waals surface area (Å²) in [6.45, 7) is 10.5. The van der Waals surface area contributed by atoms with Crippen LogP contribution in [0.2, 0.25) is 0 Å². The molecule has 1 aliphatic heterocycles. The normalized spacial score (nSPS) is 17.2. The first-order chi connectivity index (χ1) is 8.22. The Morgan fingerprint density at radius 1 is 1.47 bits per heavy atom. The molecule has 1 atom stereocenters. The van der Waals surface area contributed by atoms with Crippen LogP contribution in [0.5, 0.6) is 0 Å². The molecular weight excluding hydrogens is 367 g/mol. The van der Waals surface area contributed by atoms with E-state index in [0.29, 0.717) is 6.04 Å². The number of rotatable bonds is 4. The molecule has 19 heavy (non-hydrogen) atoms. The van der Waals surface area contributed by atoms with Crippen LogP contribution in [0.3, 0.4) is 0 Å². The summed E-state index contributed by atoms with van der Waals surface area (Å²) in [4.78, 5) is 4.02. The monoisotopic (exact) mass is 386 g/mol. The number of hydrogen-bond donors (Lipinski definition) is 1. The Balaban J connectivity index is 0.00000162. The fraction of sp³-hybridized carbons (Fsp3) is 0.538. The molecule has 0 aromatic carbocycles. The molecule has 1 N–H and O–H groups in total. The quantitative estimate of drug-likeness (QED) is 0.779. The van der Waals surface area contributed by atoms with Crippen LogP contribution < -0.4 is 5.32 Å². The molecule has 0 bridgehead atoms. The average molecular weight is 388 g/mol. The zero-order valence-electron chi connectivity index (χ0n) is 11.0. The highest BCUT2D eigenvalue weighted by Crippen LogP contribution is 2.35. The van der Waals surface area contributed by atoms with Crippen LogP contribution in [0, 0.1) is 6.92 Å². The fourth-order valence-electron chi connectivity index (χ4n) is 2.24. The number of hydrogen-bond acceptors (Lipinski definition) is 3. The second kappa shape index (κ2) is 9.37. The molecule has 0 unspecified atom stereocenters. The van der Waals surface area contributed by atoms with Gasteiger partial charge in [0.15, 0.2) is 0 Å². The first-order valence-electron chi connectivity index (χ1n) is 6.04. The smallest absolute Gasteiger partial charge is 0.0731 e. The zero-order valence-corrected chi connectivity index (χ0v) is 15.1. The van der Waals surface area contributed by atoms with E-state index in [1.54, 1.807) is 0 Å². The van der Waals surface area contributed by atoms with Crippen LogP contribution in [0.25, 0.3) is 0 Å². The minimum atomic E-state index is 0. The van der Waals surface area contributed by atoms with Crippen LogP contribution in [-0.2, 0) is 0 Å². The summed E-state index contributed by atoms with van der Waals surface area (Å²) < 4.78 is 1.26. The number of nitrogens with zero attached hydrogens (tertiary/aromatic N) is 1. The molecule has 0 radical (unpaired) electrons. The number of nitrogens with one attached hydrogen (secondary N) is 1. The Labute approximate surface area is 140 Å². The van der Waals surface area contributed by atoms with Crippen molar-refractivity contribution in [1.82, 2.24) is 10.2 Å². The molecule has 0 saturated carbocycles. The van der Waals surface area contributed by atoms with Gasteiger partial charge in [0.25, 0.3) is 0 Å². The van der Waals surface area contributed by atoms with E-state index in [0.717, 1.165) is 32.6 Å². The molecule has 0 spiro atoms. The molecule has 0 amide bonds. The highest BCUT2D eigenvalue weighted by Gasteiger charge is 2.22. The van der Waals surface area contributed by atoms with Gasteiger partial charge >= 0.3 is 0 Å². The van der Waals surface area contributed by atoms with Crippen LogP contribution in [-0.4, -0.2) is 31.1 Å². The SMILES string of the molecule is C=CC[C@@H](c1cc(C)c(Br)s1)N1CCNCC1.Cl.Cl. The summed E-state index contributed by atoms with van der Waals surface area (Å²) >= 11 is 5.48. The maximum atomic E-state index is 3.90. The van der Waals surface area contributed by atoms with E-state index < -0.39 is 0 Å². The topological polar surface area (TPSA) is 15.3 Å². The molecule has 2 rings (SSSR count). The van der Waals surface area contributed by atoms with Gasteiger partial charge in [0, 0.05) is 37.1 Å². The first-order valence-corrected chi connectivity index (χ1v) is 7.65. The Morgan fingerprint density at radius 2 is 2.11 bits per heavy atom. The van der Waals surface area contributed by atoms with Gasteiger partial charge in [0.05, 0.1) is 3.79 Å². The van der Waals surface area contributed by atoms with Gasteiger partial charge in [-0.2, -0.15) is 0 Å². The van der Waals surface area contributed by atoms with Gasteiger partial charge < -0.3 is 5.32 Å². The van der Waals surface area contributed by atoms with Crippen molar-refractivity contribution in [2.45, 2.75) is 19.4 Å². The molecule has 110 valence electrons. The molecule has 1 aromatic heterocycles. The predicted octanol–water partition coefficient (Wildman–Crippen LogP) is 4.19. The second-order valence-electron chi connectivity index (χ2n) is 4.43. The summed E-state index contributed by atoms with van der Waals surface area (Å²) in [5.41, 5.74) is 1.34. The van der Waals surface area contributed by atoms with E-state index in [4.69, 9.17) is 0 Å². The van der Waals surface area contributed by atoms with Crippen molar-refractivity contribution in [2.75, 3.05) is 26.2 Å². The van der Waals surface area contributed by atoms with Crippen molar-refractivity contribution >= 4 is 52.1 Å². The van der Waals surface area contributed by atoms with E-state index in [1.165, 1.54) is 14.2 Å². The minimum Gasteiger partial charge on any atom is -0.314 e. The minimum absolute atomic E-state index is 0. The predicted molar refractivity (Wildman–Crippen MR) is 93.2 cm³/mol. The van der Waals surface area contributed by atoms with Gasteiger partial charge in [-0.05, 0) is 40.9 Å². The Hall–Kier alpha value is 0.420. The summed E-state index contributed by atoms with van der Waals surface area (Å²) in [5, 5.41) is 3.41. The number of thiophene rings is 1. The summed E-state index contributed by atoms with van der Waals surface area (Å²) in [6.07, 6.45) is 3.07. The Morgan fingerprint density at radius 3 is 2.58 bits per heavy atom. The van der Waals surface area contributed by atoms with Gasteiger partial charge in [-0.3, -0.25) is 4.90 Å². The van der Waals surface area contributed by atoms with Crippen molar-refractivity contribution in [3.8, 4) is 0 Å². The molecular formula is C13H21BrCl2N2S. The lowest BCUT2D eigenvalue weighted by Gasteiger charge is -2.34. The van der Waals surface area contributed by atoms with Crippen LogP contribution in [0.15, 0.2) is 22.5 Å². The second-order valence-corrected chi connectivity index (χ2v) is 6.83. The standard InChI is InChI=1S/C13H19BrN2S.2ClH/c1-3-4-11(16-7-5-15-6-8-16)12-9-10(2)13(14)17-12;;/h3,9,11,15H,1,4-8H2,2H3;2*1H/t11-;;/m0../s1. The van der Waals surface area contributed by atoms with Crippen LogP contribution >= 0.6 is 52.1 Å². The first kappa shape index (κ1) is 19.4. The molecule has 2 heterocycles. The highest BCUT2D eigenvalue weighted by atomic mass is 79.9. The average Bonchev–Trinajstić information content (AvgIpc) is 2.67. The number of halogens is 3. The van der Waals surface area contributed by atoms with E-state index in [1.807, 2.05) is 17.4 Å².